The van der Waals surface area contributed by atoms with Gasteiger partial charge in [-0.25, -0.2) is 8.42 Å². The summed E-state index contributed by atoms with van der Waals surface area (Å²) in [6.45, 7) is 5.84. The summed E-state index contributed by atoms with van der Waals surface area (Å²) >= 11 is 0. The van der Waals surface area contributed by atoms with Gasteiger partial charge in [-0.05, 0) is 61.7 Å². The Balaban J connectivity index is 2.13. The first-order chi connectivity index (χ1) is 10.7. The van der Waals surface area contributed by atoms with Crippen molar-refractivity contribution in [1.29, 1.82) is 0 Å². The van der Waals surface area contributed by atoms with Gasteiger partial charge in [-0.15, -0.1) is 0 Å². The molecule has 1 N–H and O–H groups in total. The number of amides is 1. The SMILES string of the molecule is Cc1ccc(C(=O)N[C@@H](C)c2ccc(S(C)(=O)=O)cc2)cc1C. The van der Waals surface area contributed by atoms with E-state index >= 15 is 0 Å². The van der Waals surface area contributed by atoms with Crippen molar-refractivity contribution >= 4 is 15.7 Å². The van der Waals surface area contributed by atoms with E-state index in [-0.39, 0.29) is 16.8 Å². The van der Waals surface area contributed by atoms with Crippen molar-refractivity contribution < 1.29 is 13.2 Å². The monoisotopic (exact) mass is 331 g/mol. The highest BCUT2D eigenvalue weighted by Crippen LogP contribution is 2.17. The molecule has 2 aromatic carbocycles. The summed E-state index contributed by atoms with van der Waals surface area (Å²) in [5.74, 6) is -0.146. The number of sulfone groups is 1. The fourth-order valence-electron chi connectivity index (χ4n) is 2.25. The Kier molecular flexibility index (Phi) is 4.90. The Morgan fingerprint density at radius 1 is 1.00 bits per heavy atom. The van der Waals surface area contributed by atoms with Crippen LogP contribution in [0.25, 0.3) is 0 Å². The van der Waals surface area contributed by atoms with Crippen LogP contribution in [-0.4, -0.2) is 20.6 Å². The summed E-state index contributed by atoms with van der Waals surface area (Å²) in [5.41, 5.74) is 3.69. The van der Waals surface area contributed by atoms with Gasteiger partial charge in [0.1, 0.15) is 0 Å². The third-order valence-corrected chi connectivity index (χ3v) is 5.05. The smallest absolute Gasteiger partial charge is 0.251 e. The lowest BCUT2D eigenvalue weighted by Crippen LogP contribution is -2.26. The predicted molar refractivity (Wildman–Crippen MR) is 91.3 cm³/mol. The molecule has 5 heteroatoms. The van der Waals surface area contributed by atoms with E-state index in [9.17, 15) is 13.2 Å². The maximum absolute atomic E-state index is 12.3. The molecule has 0 aliphatic rings. The summed E-state index contributed by atoms with van der Waals surface area (Å²) in [6.07, 6.45) is 1.17. The van der Waals surface area contributed by atoms with Crippen molar-refractivity contribution in [3.05, 3.63) is 64.7 Å². The molecule has 0 saturated carbocycles. The molecule has 2 aromatic rings. The Hall–Kier alpha value is -2.14. The minimum absolute atomic E-state index is 0.146. The highest BCUT2D eigenvalue weighted by molar-refractivity contribution is 7.90. The minimum atomic E-state index is -3.21. The first-order valence-corrected chi connectivity index (χ1v) is 9.26. The van der Waals surface area contributed by atoms with Crippen molar-refractivity contribution in [2.24, 2.45) is 0 Å². The fraction of sp³-hybridized carbons (Fsp3) is 0.278. The standard InChI is InChI=1S/C18H21NO3S/c1-12-5-6-16(11-13(12)2)18(20)19-14(3)15-7-9-17(10-8-15)23(4,21)22/h5-11,14H,1-4H3,(H,19,20)/t14-/m0/s1. The van der Waals surface area contributed by atoms with Crippen molar-refractivity contribution in [2.45, 2.75) is 31.7 Å². The lowest BCUT2D eigenvalue weighted by Gasteiger charge is -2.15. The van der Waals surface area contributed by atoms with Crippen molar-refractivity contribution in [3.63, 3.8) is 0 Å². The maximum atomic E-state index is 12.3. The minimum Gasteiger partial charge on any atom is -0.346 e. The topological polar surface area (TPSA) is 63.2 Å². The molecule has 0 bridgehead atoms. The lowest BCUT2D eigenvalue weighted by molar-refractivity contribution is 0.0939. The van der Waals surface area contributed by atoms with Crippen LogP contribution >= 0.6 is 0 Å². The van der Waals surface area contributed by atoms with Crippen LogP contribution in [0.2, 0.25) is 0 Å². The van der Waals surface area contributed by atoms with Crippen LogP contribution in [0.3, 0.4) is 0 Å². The Morgan fingerprint density at radius 3 is 2.13 bits per heavy atom. The quantitative estimate of drug-likeness (QED) is 0.936. The molecule has 0 fully saturated rings. The predicted octanol–water partition coefficient (Wildman–Crippen LogP) is 3.20. The Bertz CT molecular complexity index is 824. The van der Waals surface area contributed by atoms with Gasteiger partial charge in [0, 0.05) is 11.8 Å². The second-order valence-electron chi connectivity index (χ2n) is 5.84. The van der Waals surface area contributed by atoms with E-state index in [4.69, 9.17) is 0 Å². The van der Waals surface area contributed by atoms with Gasteiger partial charge in [0.05, 0.1) is 10.9 Å². The number of nitrogens with one attached hydrogen (secondary N) is 1. The summed E-state index contributed by atoms with van der Waals surface area (Å²) in [4.78, 5) is 12.6. The number of carbonyl (C=O) groups is 1. The molecule has 0 aromatic heterocycles. The average molecular weight is 331 g/mol. The number of hydrogen-bond acceptors (Lipinski definition) is 3. The Morgan fingerprint density at radius 2 is 1.61 bits per heavy atom. The van der Waals surface area contributed by atoms with Crippen molar-refractivity contribution in [2.75, 3.05) is 6.26 Å². The van der Waals surface area contributed by atoms with Gasteiger partial charge < -0.3 is 5.32 Å². The fourth-order valence-corrected chi connectivity index (χ4v) is 2.88. The Labute approximate surface area is 137 Å². The third kappa shape index (κ3) is 4.20. The van der Waals surface area contributed by atoms with E-state index in [1.165, 1.54) is 6.26 Å². The van der Waals surface area contributed by atoms with E-state index < -0.39 is 9.84 Å². The van der Waals surface area contributed by atoms with Crippen LogP contribution in [0.1, 0.15) is 40.0 Å². The molecule has 1 amide bonds. The molecule has 0 heterocycles. The molecule has 23 heavy (non-hydrogen) atoms. The molecule has 0 spiro atoms. The summed E-state index contributed by atoms with van der Waals surface area (Å²) in [5, 5.41) is 2.93. The molecule has 1 atom stereocenters. The second kappa shape index (κ2) is 6.54. The van der Waals surface area contributed by atoms with Crippen LogP contribution in [0, 0.1) is 13.8 Å². The van der Waals surface area contributed by atoms with Gasteiger partial charge in [0.15, 0.2) is 9.84 Å². The molecular weight excluding hydrogens is 310 g/mol. The van der Waals surface area contributed by atoms with E-state index in [1.54, 1.807) is 30.3 Å². The molecular formula is C18H21NO3S. The normalized spacial score (nSPS) is 12.7. The van der Waals surface area contributed by atoms with Crippen LogP contribution in [0.15, 0.2) is 47.4 Å². The zero-order valence-corrected chi connectivity index (χ0v) is 14.6. The largest absolute Gasteiger partial charge is 0.346 e. The third-order valence-electron chi connectivity index (χ3n) is 3.92. The van der Waals surface area contributed by atoms with Gasteiger partial charge in [-0.2, -0.15) is 0 Å². The first-order valence-electron chi connectivity index (χ1n) is 7.36. The van der Waals surface area contributed by atoms with E-state index in [0.717, 1.165) is 16.7 Å². The molecule has 4 nitrogen and oxygen atoms in total. The number of aryl methyl sites for hydroxylation is 2. The van der Waals surface area contributed by atoms with Gasteiger partial charge >= 0.3 is 0 Å². The number of rotatable bonds is 4. The zero-order chi connectivity index (χ0) is 17.2. The van der Waals surface area contributed by atoms with Gasteiger partial charge in [0.25, 0.3) is 5.91 Å². The number of carbonyl (C=O) groups excluding carboxylic acids is 1. The average Bonchev–Trinajstić information content (AvgIpc) is 2.49. The summed E-state index contributed by atoms with van der Waals surface area (Å²) in [6, 6.07) is 11.9. The number of hydrogen-bond donors (Lipinski definition) is 1. The maximum Gasteiger partial charge on any atom is 0.251 e. The van der Waals surface area contributed by atoms with Crippen LogP contribution in [-0.2, 0) is 9.84 Å². The van der Waals surface area contributed by atoms with Crippen LogP contribution < -0.4 is 5.32 Å². The first kappa shape index (κ1) is 17.2. The molecule has 0 aliphatic heterocycles. The molecule has 0 radical (unpaired) electrons. The highest BCUT2D eigenvalue weighted by Gasteiger charge is 2.13. The molecule has 0 unspecified atom stereocenters. The molecule has 0 aliphatic carbocycles. The van der Waals surface area contributed by atoms with Gasteiger partial charge in [-0.3, -0.25) is 4.79 Å². The van der Waals surface area contributed by atoms with Crippen LogP contribution in [0.5, 0.6) is 0 Å². The molecule has 0 saturated heterocycles. The molecule has 122 valence electrons. The van der Waals surface area contributed by atoms with E-state index in [2.05, 4.69) is 5.32 Å². The second-order valence-corrected chi connectivity index (χ2v) is 7.85. The van der Waals surface area contributed by atoms with Crippen molar-refractivity contribution in [3.8, 4) is 0 Å². The van der Waals surface area contributed by atoms with E-state index in [1.807, 2.05) is 32.9 Å². The van der Waals surface area contributed by atoms with Gasteiger partial charge in [0.2, 0.25) is 0 Å². The number of benzene rings is 2. The lowest BCUT2D eigenvalue weighted by atomic mass is 10.0. The highest BCUT2D eigenvalue weighted by atomic mass is 32.2. The van der Waals surface area contributed by atoms with Crippen molar-refractivity contribution in [1.82, 2.24) is 5.32 Å². The van der Waals surface area contributed by atoms with Crippen LogP contribution in [0.4, 0.5) is 0 Å². The zero-order valence-electron chi connectivity index (χ0n) is 13.8. The van der Waals surface area contributed by atoms with Gasteiger partial charge in [-0.1, -0.05) is 18.2 Å². The summed E-state index contributed by atoms with van der Waals surface area (Å²) < 4.78 is 22.9. The molecule has 2 rings (SSSR count). The summed E-state index contributed by atoms with van der Waals surface area (Å²) in [7, 11) is -3.21. The van der Waals surface area contributed by atoms with E-state index in [0.29, 0.717) is 5.56 Å².